The average molecular weight is 1280 g/mol. The van der Waals surface area contributed by atoms with Gasteiger partial charge in [-0.3, -0.25) is 57.7 Å². The molecule has 90 heavy (non-hydrogen) atoms. The Balaban J connectivity index is 6.98. The van der Waals surface area contributed by atoms with Gasteiger partial charge < -0.3 is 86.9 Å². The SMILES string of the molecule is CCCCCCCC(=O)NCC(=O)N[C@@H](CC(C)C)C(=O)N[C@@H](CC(C)C)C(=O)N[C@H](CCCCN)C(=O)N[C@@H](CCCN=C(N)N)C(=O)N[C@H](C(=O)N[C@H](CCCCN)C(=O)N[C@H](C(=O)N[C@@H](CC(C)C)C(=O)N[C@@H](CC(C)C)C(N)=O)[C@@H](C)O)[C@@H](C)CC. The van der Waals surface area contributed by atoms with Crippen molar-refractivity contribution in [2.24, 2.45) is 63.3 Å². The van der Waals surface area contributed by atoms with Crippen LogP contribution in [0.15, 0.2) is 4.99 Å². The predicted octanol–water partition coefficient (Wildman–Crippen LogP) is 0.234. The average Bonchev–Trinajstić information content (AvgIpc) is 3.07. The Kier molecular flexibility index (Phi) is 43.0. The maximum Gasteiger partial charge on any atom is 0.245 e. The third kappa shape index (κ3) is 36.2. The number of carbonyl (C=O) groups excluding carboxylic acids is 11. The summed E-state index contributed by atoms with van der Waals surface area (Å²) in [6.45, 7) is 21.8. The van der Waals surface area contributed by atoms with E-state index in [0.717, 1.165) is 25.7 Å². The van der Waals surface area contributed by atoms with Crippen LogP contribution in [0.1, 0.15) is 205 Å². The Bertz CT molecular complexity index is 2250. The van der Waals surface area contributed by atoms with Crippen molar-refractivity contribution in [1.82, 2.24) is 53.2 Å². The van der Waals surface area contributed by atoms with Crippen LogP contribution in [0.25, 0.3) is 0 Å². The molecule has 28 nitrogen and oxygen atoms in total. The van der Waals surface area contributed by atoms with Crippen molar-refractivity contribution in [3.8, 4) is 0 Å². The molecular weight excluding hydrogens is 1160 g/mol. The molecule has 11 amide bonds. The summed E-state index contributed by atoms with van der Waals surface area (Å²) >= 11 is 0. The number of nitrogens with zero attached hydrogens (tertiary/aromatic N) is 1. The lowest BCUT2D eigenvalue weighted by atomic mass is 9.96. The molecule has 0 radical (unpaired) electrons. The standard InChI is InChI=1S/C62H118N16O12/c1-13-15-16-17-18-27-49(80)69-35-50(81)70-46(32-37(5)6)57(86)75-47(33-38(7)8)58(87)72-42(24-19-21-28-63)54(83)71-44(26-23-30-68-62(66)67)55(84)77-51(40(11)14-2)60(89)73-43(25-20-22-29-64)56(85)78-52(41(12)79)61(90)76-48(34-39(9)10)59(88)74-45(53(65)82)31-36(3)4/h36-48,51-52,79H,13-35,63-64H2,1-12H3,(H2,65,82)(H,69,80)(H,70,81)(H,71,83)(H,72,87)(H,73,89)(H,74,88)(H,75,86)(H,76,90)(H,77,84)(H,78,85)(H4,66,67,68)/t40-,41+,42+,43+,44-,45-,46-,47-,48-,51-,52-/m0/s1. The van der Waals surface area contributed by atoms with E-state index < -0.39 is 125 Å². The molecule has 0 heterocycles. The first kappa shape index (κ1) is 83.3. The lowest BCUT2D eigenvalue weighted by Crippen LogP contribution is -2.62. The lowest BCUT2D eigenvalue weighted by molar-refractivity contribution is -0.137. The Morgan fingerprint density at radius 2 is 0.767 bits per heavy atom. The number of carbonyl (C=O) groups is 11. The van der Waals surface area contributed by atoms with E-state index in [0.29, 0.717) is 38.5 Å². The molecule has 0 aliphatic heterocycles. The van der Waals surface area contributed by atoms with Crippen molar-refractivity contribution in [2.75, 3.05) is 26.2 Å². The third-order valence-electron chi connectivity index (χ3n) is 15.0. The Labute approximate surface area is 535 Å². The van der Waals surface area contributed by atoms with Crippen molar-refractivity contribution in [1.29, 1.82) is 0 Å². The van der Waals surface area contributed by atoms with Crippen LogP contribution in [-0.4, -0.2) is 163 Å². The van der Waals surface area contributed by atoms with Crippen LogP contribution in [0.4, 0.5) is 0 Å². The van der Waals surface area contributed by atoms with Gasteiger partial charge in [0.25, 0.3) is 0 Å². The van der Waals surface area contributed by atoms with E-state index in [1.165, 1.54) is 6.92 Å². The van der Waals surface area contributed by atoms with E-state index >= 15 is 0 Å². The van der Waals surface area contributed by atoms with Crippen molar-refractivity contribution >= 4 is 70.9 Å². The van der Waals surface area contributed by atoms with Gasteiger partial charge in [-0.25, -0.2) is 0 Å². The van der Waals surface area contributed by atoms with Gasteiger partial charge in [0.1, 0.15) is 54.4 Å². The van der Waals surface area contributed by atoms with E-state index in [-0.39, 0.29) is 120 Å². The molecule has 0 aromatic rings. The number of aliphatic hydroxyl groups excluding tert-OH is 1. The van der Waals surface area contributed by atoms with Crippen LogP contribution in [0, 0.1) is 29.6 Å². The van der Waals surface area contributed by atoms with E-state index in [1.54, 1.807) is 13.8 Å². The number of hydrogen-bond donors (Lipinski definition) is 16. The normalized spacial score (nSPS) is 15.1. The zero-order valence-electron chi connectivity index (χ0n) is 56.2. The van der Waals surface area contributed by atoms with Gasteiger partial charge in [0.2, 0.25) is 65.0 Å². The van der Waals surface area contributed by atoms with Crippen LogP contribution in [0.5, 0.6) is 0 Å². The fraction of sp³-hybridized carbons (Fsp3) is 0.806. The van der Waals surface area contributed by atoms with E-state index in [1.807, 2.05) is 55.4 Å². The van der Waals surface area contributed by atoms with Crippen LogP contribution >= 0.6 is 0 Å². The third-order valence-corrected chi connectivity index (χ3v) is 15.0. The van der Waals surface area contributed by atoms with Crippen LogP contribution in [0.3, 0.4) is 0 Å². The fourth-order valence-electron chi connectivity index (χ4n) is 9.75. The number of nitrogens with two attached hydrogens (primary N) is 5. The first-order valence-corrected chi connectivity index (χ1v) is 32.7. The summed E-state index contributed by atoms with van der Waals surface area (Å²) in [6.07, 6.45) is 6.25. The Morgan fingerprint density at radius 3 is 1.19 bits per heavy atom. The maximum absolute atomic E-state index is 14.6. The molecule has 0 fully saturated rings. The largest absolute Gasteiger partial charge is 0.391 e. The summed E-state index contributed by atoms with van der Waals surface area (Å²) in [4.78, 5) is 156. The van der Waals surface area contributed by atoms with Crippen molar-refractivity contribution in [3.05, 3.63) is 0 Å². The first-order chi connectivity index (χ1) is 42.3. The van der Waals surface area contributed by atoms with E-state index in [2.05, 4.69) is 65.1 Å². The van der Waals surface area contributed by atoms with Crippen molar-refractivity contribution < 1.29 is 57.8 Å². The number of nitrogens with one attached hydrogen (secondary N) is 10. The molecule has 0 aromatic heterocycles. The monoisotopic (exact) mass is 1280 g/mol. The summed E-state index contributed by atoms with van der Waals surface area (Å²) in [7, 11) is 0. The highest BCUT2D eigenvalue weighted by molar-refractivity contribution is 5.99. The molecule has 518 valence electrons. The molecule has 21 N–H and O–H groups in total. The van der Waals surface area contributed by atoms with Crippen LogP contribution in [-0.2, 0) is 52.7 Å². The molecule has 0 spiro atoms. The fourth-order valence-corrected chi connectivity index (χ4v) is 9.75. The molecule has 0 aliphatic rings. The summed E-state index contributed by atoms with van der Waals surface area (Å²) in [5, 5.41) is 37.8. The van der Waals surface area contributed by atoms with Crippen LogP contribution in [0.2, 0.25) is 0 Å². The minimum Gasteiger partial charge on any atom is -0.391 e. The van der Waals surface area contributed by atoms with Gasteiger partial charge in [-0.1, -0.05) is 108 Å². The number of unbranched alkanes of at least 4 members (excludes halogenated alkanes) is 6. The highest BCUT2D eigenvalue weighted by Crippen LogP contribution is 2.16. The van der Waals surface area contributed by atoms with Gasteiger partial charge in [-0.15, -0.1) is 0 Å². The number of amides is 11. The van der Waals surface area contributed by atoms with Crippen LogP contribution < -0.4 is 81.8 Å². The number of rotatable bonds is 49. The lowest BCUT2D eigenvalue weighted by Gasteiger charge is -2.30. The van der Waals surface area contributed by atoms with Gasteiger partial charge in [-0.05, 0) is 133 Å². The number of primary amides is 1. The number of aliphatic imine (C=N–C) groups is 1. The molecule has 0 rings (SSSR count). The minimum atomic E-state index is -1.64. The Hall–Kier alpha value is -6.68. The molecule has 11 atom stereocenters. The maximum atomic E-state index is 14.6. The van der Waals surface area contributed by atoms with Crippen molar-refractivity contribution in [3.63, 3.8) is 0 Å². The molecule has 0 unspecified atom stereocenters. The molecule has 28 heteroatoms. The summed E-state index contributed by atoms with van der Waals surface area (Å²) in [5.74, 6) is -9.05. The zero-order valence-corrected chi connectivity index (χ0v) is 56.2. The number of hydrogen-bond acceptors (Lipinski definition) is 15. The highest BCUT2D eigenvalue weighted by Gasteiger charge is 2.38. The van der Waals surface area contributed by atoms with Gasteiger partial charge in [0, 0.05) is 13.0 Å². The van der Waals surface area contributed by atoms with Gasteiger partial charge in [0.05, 0.1) is 12.6 Å². The molecule has 0 saturated carbocycles. The Morgan fingerprint density at radius 1 is 0.400 bits per heavy atom. The van der Waals surface area contributed by atoms with E-state index in [9.17, 15) is 57.8 Å². The molecular formula is C62H118N16O12. The second-order valence-corrected chi connectivity index (χ2v) is 25.5. The molecule has 0 aliphatic carbocycles. The van der Waals surface area contributed by atoms with Gasteiger partial charge in [0.15, 0.2) is 5.96 Å². The molecule has 0 bridgehead atoms. The quantitative estimate of drug-likeness (QED) is 0.0220. The van der Waals surface area contributed by atoms with Gasteiger partial charge in [-0.2, -0.15) is 0 Å². The minimum absolute atomic E-state index is 0.00462. The first-order valence-electron chi connectivity index (χ1n) is 32.7. The molecule has 0 aromatic carbocycles. The summed E-state index contributed by atoms with van der Waals surface area (Å²) < 4.78 is 0. The highest BCUT2D eigenvalue weighted by atomic mass is 16.3. The topological polar surface area (TPSA) is 471 Å². The number of aliphatic hydroxyl groups is 1. The zero-order chi connectivity index (χ0) is 68.6. The number of guanidine groups is 1. The smallest absolute Gasteiger partial charge is 0.245 e. The predicted molar refractivity (Wildman–Crippen MR) is 348 cm³/mol. The molecule has 0 saturated heterocycles. The van der Waals surface area contributed by atoms with Crippen molar-refractivity contribution in [2.45, 2.75) is 266 Å². The van der Waals surface area contributed by atoms with Gasteiger partial charge >= 0.3 is 0 Å². The second-order valence-electron chi connectivity index (χ2n) is 25.5. The summed E-state index contributed by atoms with van der Waals surface area (Å²) in [6, 6.07) is -11.5. The summed E-state index contributed by atoms with van der Waals surface area (Å²) in [5.41, 5.74) is 28.4. The second kappa shape index (κ2) is 46.4. The van der Waals surface area contributed by atoms with E-state index in [4.69, 9.17) is 28.7 Å².